The lowest BCUT2D eigenvalue weighted by Gasteiger charge is -2.03. The maximum absolute atomic E-state index is 13.7. The maximum Gasteiger partial charge on any atom is 0.295 e. The molecule has 2 heterocycles. The zero-order valence-electron chi connectivity index (χ0n) is 11.5. The molecule has 0 radical (unpaired) electrons. The lowest BCUT2D eigenvalue weighted by Crippen LogP contribution is -2.22. The Kier molecular flexibility index (Phi) is 3.67. The fraction of sp³-hybridized carbons (Fsp3) is 0. The number of anilines is 1. The molecule has 116 valence electrons. The molecule has 0 saturated heterocycles. The third-order valence-corrected chi connectivity index (χ3v) is 2.97. The van der Waals surface area contributed by atoms with Crippen molar-refractivity contribution in [3.05, 3.63) is 70.7 Å². The van der Waals surface area contributed by atoms with Crippen molar-refractivity contribution < 1.29 is 13.6 Å². The fourth-order valence-corrected chi connectivity index (χ4v) is 1.90. The first-order chi connectivity index (χ1) is 11.1. The molecule has 0 aliphatic rings. The van der Waals surface area contributed by atoms with E-state index in [-0.39, 0.29) is 17.1 Å². The van der Waals surface area contributed by atoms with Gasteiger partial charge in [0, 0.05) is 24.7 Å². The number of carbonyl (C=O) groups is 1. The van der Waals surface area contributed by atoms with Gasteiger partial charge in [0.25, 0.3) is 11.5 Å². The Hall–Kier alpha value is -3.36. The van der Waals surface area contributed by atoms with Crippen LogP contribution in [0.5, 0.6) is 0 Å². The number of amides is 1. The molecule has 0 bridgehead atoms. The standard InChI is InChI=1S/C14H9F2N5O2/c15-8-1-2-12(9(16)5-8)21-14(23)11(7-19-21)20-13(22)10-6-17-3-4-18-10/h1-7,19H,(H,20,22). The number of halogens is 2. The van der Waals surface area contributed by atoms with E-state index in [4.69, 9.17) is 0 Å². The molecule has 0 atom stereocenters. The van der Waals surface area contributed by atoms with Gasteiger partial charge in [-0.3, -0.25) is 19.7 Å². The first-order valence-corrected chi connectivity index (χ1v) is 6.39. The highest BCUT2D eigenvalue weighted by atomic mass is 19.1. The van der Waals surface area contributed by atoms with Gasteiger partial charge in [-0.25, -0.2) is 18.4 Å². The van der Waals surface area contributed by atoms with Crippen molar-refractivity contribution in [1.29, 1.82) is 0 Å². The zero-order valence-corrected chi connectivity index (χ0v) is 11.5. The predicted octanol–water partition coefficient (Wildman–Crippen LogP) is 1.49. The minimum absolute atomic E-state index is 0.0209. The van der Waals surface area contributed by atoms with Gasteiger partial charge in [0.2, 0.25) is 0 Å². The second-order valence-electron chi connectivity index (χ2n) is 4.47. The van der Waals surface area contributed by atoms with Crippen LogP contribution in [0.15, 0.2) is 47.8 Å². The summed E-state index contributed by atoms with van der Waals surface area (Å²) in [6.45, 7) is 0. The number of aromatic amines is 1. The van der Waals surface area contributed by atoms with Gasteiger partial charge in [0.1, 0.15) is 22.9 Å². The summed E-state index contributed by atoms with van der Waals surface area (Å²) in [7, 11) is 0. The van der Waals surface area contributed by atoms with E-state index in [1.807, 2.05) is 0 Å². The van der Waals surface area contributed by atoms with E-state index >= 15 is 0 Å². The lowest BCUT2D eigenvalue weighted by molar-refractivity contribution is 0.102. The van der Waals surface area contributed by atoms with E-state index in [1.54, 1.807) is 0 Å². The average Bonchev–Trinajstić information content (AvgIpc) is 2.89. The number of hydrogen-bond acceptors (Lipinski definition) is 4. The zero-order chi connectivity index (χ0) is 16.4. The van der Waals surface area contributed by atoms with Crippen molar-refractivity contribution in [2.45, 2.75) is 0 Å². The van der Waals surface area contributed by atoms with Gasteiger partial charge >= 0.3 is 0 Å². The molecule has 9 heteroatoms. The van der Waals surface area contributed by atoms with E-state index in [9.17, 15) is 18.4 Å². The van der Waals surface area contributed by atoms with Crippen LogP contribution in [0.25, 0.3) is 5.69 Å². The number of nitrogens with one attached hydrogen (secondary N) is 2. The predicted molar refractivity (Wildman–Crippen MR) is 76.3 cm³/mol. The van der Waals surface area contributed by atoms with Gasteiger partial charge in [-0.2, -0.15) is 0 Å². The van der Waals surface area contributed by atoms with Gasteiger partial charge in [-0.05, 0) is 12.1 Å². The fourth-order valence-electron chi connectivity index (χ4n) is 1.90. The van der Waals surface area contributed by atoms with Gasteiger partial charge in [0.05, 0.1) is 6.20 Å². The highest BCUT2D eigenvalue weighted by Crippen LogP contribution is 2.13. The molecule has 2 aromatic heterocycles. The summed E-state index contributed by atoms with van der Waals surface area (Å²) in [6.07, 6.45) is 5.16. The molecule has 1 amide bonds. The van der Waals surface area contributed by atoms with Gasteiger partial charge in [0.15, 0.2) is 5.82 Å². The van der Waals surface area contributed by atoms with E-state index in [0.29, 0.717) is 6.07 Å². The molecule has 7 nitrogen and oxygen atoms in total. The highest BCUT2D eigenvalue weighted by Gasteiger charge is 2.15. The lowest BCUT2D eigenvalue weighted by atomic mass is 10.3. The van der Waals surface area contributed by atoms with Crippen LogP contribution < -0.4 is 10.9 Å². The third-order valence-electron chi connectivity index (χ3n) is 2.97. The van der Waals surface area contributed by atoms with Crippen molar-refractivity contribution in [3.63, 3.8) is 0 Å². The summed E-state index contributed by atoms with van der Waals surface area (Å²) < 4.78 is 27.5. The maximum atomic E-state index is 13.7. The van der Waals surface area contributed by atoms with Crippen molar-refractivity contribution in [2.24, 2.45) is 0 Å². The van der Waals surface area contributed by atoms with Crippen LogP contribution >= 0.6 is 0 Å². The Morgan fingerprint density at radius 3 is 2.78 bits per heavy atom. The summed E-state index contributed by atoms with van der Waals surface area (Å²) in [6, 6.07) is 2.78. The number of benzene rings is 1. The first kappa shape index (κ1) is 14.6. The summed E-state index contributed by atoms with van der Waals surface area (Å²) in [4.78, 5) is 31.7. The molecule has 0 spiro atoms. The normalized spacial score (nSPS) is 10.5. The SMILES string of the molecule is O=C(Nc1c[nH]n(-c2ccc(F)cc2F)c1=O)c1cnccn1. The van der Waals surface area contributed by atoms with Crippen LogP contribution in [0.2, 0.25) is 0 Å². The molecular weight excluding hydrogens is 308 g/mol. The summed E-state index contributed by atoms with van der Waals surface area (Å²) in [5.41, 5.74) is -0.957. The number of aromatic nitrogens is 4. The number of hydrogen-bond donors (Lipinski definition) is 2. The number of nitrogens with zero attached hydrogens (tertiary/aromatic N) is 3. The Labute approximate surface area is 127 Å². The van der Waals surface area contributed by atoms with Crippen LogP contribution in [0, 0.1) is 11.6 Å². The van der Waals surface area contributed by atoms with Crippen molar-refractivity contribution in [3.8, 4) is 5.69 Å². The van der Waals surface area contributed by atoms with Crippen molar-refractivity contribution in [2.75, 3.05) is 5.32 Å². The van der Waals surface area contributed by atoms with Crippen LogP contribution in [0.1, 0.15) is 10.5 Å². The van der Waals surface area contributed by atoms with Crippen molar-refractivity contribution >= 4 is 11.6 Å². The molecule has 0 saturated carbocycles. The molecule has 2 N–H and O–H groups in total. The molecule has 0 aliphatic carbocycles. The Balaban J connectivity index is 1.91. The first-order valence-electron chi connectivity index (χ1n) is 6.39. The molecule has 3 rings (SSSR count). The van der Waals surface area contributed by atoms with E-state index in [0.717, 1.165) is 16.8 Å². The van der Waals surface area contributed by atoms with Crippen LogP contribution in [-0.4, -0.2) is 25.7 Å². The summed E-state index contributed by atoms with van der Waals surface area (Å²) in [5.74, 6) is -2.32. The second kappa shape index (κ2) is 5.79. The molecule has 0 fully saturated rings. The van der Waals surface area contributed by atoms with Crippen LogP contribution in [0.4, 0.5) is 14.5 Å². The Morgan fingerprint density at radius 2 is 2.09 bits per heavy atom. The van der Waals surface area contributed by atoms with E-state index in [1.165, 1.54) is 24.8 Å². The average molecular weight is 317 g/mol. The summed E-state index contributed by atoms with van der Waals surface area (Å²) >= 11 is 0. The molecule has 0 aliphatic heterocycles. The Morgan fingerprint density at radius 1 is 1.26 bits per heavy atom. The van der Waals surface area contributed by atoms with Gasteiger partial charge in [-0.1, -0.05) is 0 Å². The molecule has 0 unspecified atom stereocenters. The molecule has 23 heavy (non-hydrogen) atoms. The van der Waals surface area contributed by atoms with Crippen molar-refractivity contribution in [1.82, 2.24) is 19.7 Å². The molecular formula is C14H9F2N5O2. The highest BCUT2D eigenvalue weighted by molar-refractivity contribution is 6.02. The second-order valence-corrected chi connectivity index (χ2v) is 4.47. The largest absolute Gasteiger partial charge is 0.315 e. The topological polar surface area (TPSA) is 92.7 Å². The number of rotatable bonds is 3. The van der Waals surface area contributed by atoms with E-state index in [2.05, 4.69) is 20.4 Å². The van der Waals surface area contributed by atoms with E-state index < -0.39 is 23.1 Å². The molecule has 3 aromatic rings. The smallest absolute Gasteiger partial charge is 0.295 e. The number of carbonyl (C=O) groups excluding carboxylic acids is 1. The summed E-state index contributed by atoms with van der Waals surface area (Å²) in [5, 5.41) is 4.84. The Bertz CT molecular complexity index is 920. The number of H-pyrrole nitrogens is 1. The quantitative estimate of drug-likeness (QED) is 0.765. The minimum Gasteiger partial charge on any atom is -0.315 e. The van der Waals surface area contributed by atoms with Crippen LogP contribution in [0.3, 0.4) is 0 Å². The minimum atomic E-state index is -0.916. The third kappa shape index (κ3) is 2.84. The van der Waals surface area contributed by atoms with Gasteiger partial charge in [-0.15, -0.1) is 0 Å². The monoisotopic (exact) mass is 317 g/mol. The molecule has 1 aromatic carbocycles. The van der Waals surface area contributed by atoms with Gasteiger partial charge < -0.3 is 5.32 Å². The van der Waals surface area contributed by atoms with Crippen LogP contribution in [-0.2, 0) is 0 Å².